The monoisotopic (exact) mass is 324 g/mol. The largest absolute Gasteiger partial charge is 0.354 e. The van der Waals surface area contributed by atoms with Crippen LogP contribution in [-0.2, 0) is 6.42 Å². The fraction of sp³-hybridized carbons (Fsp3) is 0.421. The van der Waals surface area contributed by atoms with Gasteiger partial charge >= 0.3 is 0 Å². The minimum Gasteiger partial charge on any atom is -0.354 e. The molecule has 126 valence electrons. The predicted octanol–water partition coefficient (Wildman–Crippen LogP) is 3.07. The number of anilines is 1. The summed E-state index contributed by atoms with van der Waals surface area (Å²) >= 11 is 0. The van der Waals surface area contributed by atoms with Crippen molar-refractivity contribution >= 4 is 11.9 Å². The van der Waals surface area contributed by atoms with Crippen molar-refractivity contribution in [1.82, 2.24) is 14.9 Å². The van der Waals surface area contributed by atoms with E-state index in [0.717, 1.165) is 51.0 Å². The zero-order chi connectivity index (χ0) is 16.8. The predicted molar refractivity (Wildman–Crippen MR) is 95.2 cm³/mol. The summed E-state index contributed by atoms with van der Waals surface area (Å²) in [6.45, 7) is 4.36. The summed E-state index contributed by atoms with van der Waals surface area (Å²) in [6.07, 6.45) is 4.18. The highest BCUT2D eigenvalue weighted by atomic mass is 16.2. The highest BCUT2D eigenvalue weighted by molar-refractivity contribution is 5.92. The molecule has 1 aliphatic heterocycles. The van der Waals surface area contributed by atoms with E-state index in [1.165, 1.54) is 5.56 Å². The molecule has 1 N–H and O–H groups in total. The van der Waals surface area contributed by atoms with Gasteiger partial charge in [0.05, 0.1) is 0 Å². The second-order valence-electron chi connectivity index (χ2n) is 6.23. The molecule has 1 aromatic heterocycles. The van der Waals surface area contributed by atoms with Gasteiger partial charge in [0, 0.05) is 25.3 Å². The lowest BCUT2D eigenvalue weighted by Gasteiger charge is -2.15. The van der Waals surface area contributed by atoms with Gasteiger partial charge in [-0.1, -0.05) is 30.3 Å². The van der Waals surface area contributed by atoms with Gasteiger partial charge in [-0.15, -0.1) is 0 Å². The third-order valence-electron chi connectivity index (χ3n) is 4.23. The zero-order valence-corrected chi connectivity index (χ0v) is 14.2. The molecule has 0 atom stereocenters. The van der Waals surface area contributed by atoms with Gasteiger partial charge in [0.15, 0.2) is 0 Å². The molecule has 0 spiro atoms. The molecule has 5 nitrogen and oxygen atoms in total. The molecule has 0 bridgehead atoms. The van der Waals surface area contributed by atoms with Gasteiger partial charge in [-0.2, -0.15) is 0 Å². The first-order chi connectivity index (χ1) is 11.7. The number of likely N-dealkylation sites (tertiary alicyclic amines) is 1. The van der Waals surface area contributed by atoms with E-state index in [9.17, 15) is 4.79 Å². The molecule has 2 heterocycles. The second kappa shape index (κ2) is 7.90. The van der Waals surface area contributed by atoms with Crippen LogP contribution in [-0.4, -0.2) is 40.4 Å². The summed E-state index contributed by atoms with van der Waals surface area (Å²) in [4.78, 5) is 23.2. The third kappa shape index (κ3) is 4.31. The number of carbonyl (C=O) groups excluding carboxylic acids is 1. The molecule has 0 unspecified atom stereocenters. The molecule has 1 aromatic carbocycles. The van der Waals surface area contributed by atoms with E-state index >= 15 is 0 Å². The van der Waals surface area contributed by atoms with Crippen molar-refractivity contribution in [3.8, 4) is 0 Å². The molecular formula is C19H24N4O. The van der Waals surface area contributed by atoms with E-state index < -0.39 is 0 Å². The number of amides is 1. The minimum absolute atomic E-state index is 0.0188. The van der Waals surface area contributed by atoms with Crippen molar-refractivity contribution in [2.75, 3.05) is 25.0 Å². The van der Waals surface area contributed by atoms with Gasteiger partial charge in [-0.05, 0) is 44.2 Å². The van der Waals surface area contributed by atoms with E-state index in [0.29, 0.717) is 11.6 Å². The van der Waals surface area contributed by atoms with Crippen molar-refractivity contribution in [3.63, 3.8) is 0 Å². The maximum absolute atomic E-state index is 12.5. The quantitative estimate of drug-likeness (QED) is 0.830. The average molecular weight is 324 g/mol. The van der Waals surface area contributed by atoms with Crippen molar-refractivity contribution < 1.29 is 4.79 Å². The Kier molecular flexibility index (Phi) is 5.41. The molecule has 0 saturated carbocycles. The van der Waals surface area contributed by atoms with Crippen molar-refractivity contribution in [2.45, 2.75) is 32.6 Å². The Morgan fingerprint density at radius 2 is 1.92 bits per heavy atom. The van der Waals surface area contributed by atoms with E-state index in [4.69, 9.17) is 0 Å². The van der Waals surface area contributed by atoms with Crippen LogP contribution in [0.2, 0.25) is 0 Å². The van der Waals surface area contributed by atoms with Gasteiger partial charge in [0.2, 0.25) is 5.95 Å². The standard InChI is InChI=1S/C19H24N4O/c1-15-14-17(18(24)23-12-5-6-13-23)22-19(21-15)20-11-7-10-16-8-3-2-4-9-16/h2-4,8-9,14H,5-7,10-13H2,1H3,(H,20,21,22). The maximum atomic E-state index is 12.5. The number of nitrogens with zero attached hydrogens (tertiary/aromatic N) is 3. The lowest BCUT2D eigenvalue weighted by atomic mass is 10.1. The van der Waals surface area contributed by atoms with E-state index in [1.54, 1.807) is 6.07 Å². The molecule has 0 radical (unpaired) electrons. The van der Waals surface area contributed by atoms with E-state index in [2.05, 4.69) is 39.6 Å². The normalized spacial score (nSPS) is 14.0. The Morgan fingerprint density at radius 1 is 1.17 bits per heavy atom. The van der Waals surface area contributed by atoms with E-state index in [-0.39, 0.29) is 5.91 Å². The SMILES string of the molecule is Cc1cc(C(=O)N2CCCC2)nc(NCCCc2ccccc2)n1. The third-order valence-corrected chi connectivity index (χ3v) is 4.23. The summed E-state index contributed by atoms with van der Waals surface area (Å²) in [5.41, 5.74) is 2.64. The van der Waals surface area contributed by atoms with Crippen LogP contribution in [0.1, 0.15) is 41.0 Å². The van der Waals surface area contributed by atoms with Crippen LogP contribution in [0.3, 0.4) is 0 Å². The van der Waals surface area contributed by atoms with Crippen LogP contribution in [0.25, 0.3) is 0 Å². The Labute approximate surface area is 143 Å². The topological polar surface area (TPSA) is 58.1 Å². The summed E-state index contributed by atoms with van der Waals surface area (Å²) in [5.74, 6) is 0.566. The number of carbonyl (C=O) groups is 1. The van der Waals surface area contributed by atoms with Crippen LogP contribution >= 0.6 is 0 Å². The van der Waals surface area contributed by atoms with Gasteiger partial charge in [-0.3, -0.25) is 4.79 Å². The molecule has 2 aromatic rings. The molecule has 1 amide bonds. The number of rotatable bonds is 6. The average Bonchev–Trinajstić information content (AvgIpc) is 3.13. The minimum atomic E-state index is 0.0188. The number of nitrogens with one attached hydrogen (secondary N) is 1. The summed E-state index contributed by atoms with van der Waals surface area (Å²) < 4.78 is 0. The van der Waals surface area contributed by atoms with Gasteiger partial charge in [-0.25, -0.2) is 9.97 Å². The number of aromatic nitrogens is 2. The van der Waals surface area contributed by atoms with Crippen LogP contribution in [0.5, 0.6) is 0 Å². The first-order valence-electron chi connectivity index (χ1n) is 8.65. The molecular weight excluding hydrogens is 300 g/mol. The summed E-state index contributed by atoms with van der Waals surface area (Å²) in [5, 5.41) is 3.25. The van der Waals surface area contributed by atoms with Crippen LogP contribution < -0.4 is 5.32 Å². The number of hydrogen-bond donors (Lipinski definition) is 1. The van der Waals surface area contributed by atoms with Crippen LogP contribution in [0.15, 0.2) is 36.4 Å². The second-order valence-corrected chi connectivity index (χ2v) is 6.23. The highest BCUT2D eigenvalue weighted by Gasteiger charge is 2.21. The van der Waals surface area contributed by atoms with Crippen molar-refractivity contribution in [1.29, 1.82) is 0 Å². The summed E-state index contributed by atoms with van der Waals surface area (Å²) in [7, 11) is 0. The van der Waals surface area contributed by atoms with Crippen molar-refractivity contribution in [2.24, 2.45) is 0 Å². The number of hydrogen-bond acceptors (Lipinski definition) is 4. The molecule has 5 heteroatoms. The molecule has 1 aliphatic rings. The highest BCUT2D eigenvalue weighted by Crippen LogP contribution is 2.13. The first kappa shape index (κ1) is 16.4. The zero-order valence-electron chi connectivity index (χ0n) is 14.2. The maximum Gasteiger partial charge on any atom is 0.272 e. The van der Waals surface area contributed by atoms with Crippen LogP contribution in [0.4, 0.5) is 5.95 Å². The van der Waals surface area contributed by atoms with Crippen molar-refractivity contribution in [3.05, 3.63) is 53.3 Å². The Morgan fingerprint density at radius 3 is 2.67 bits per heavy atom. The summed E-state index contributed by atoms with van der Waals surface area (Å²) in [6, 6.07) is 12.2. The number of aryl methyl sites for hydroxylation is 2. The molecule has 24 heavy (non-hydrogen) atoms. The Balaban J connectivity index is 1.56. The Bertz CT molecular complexity index is 681. The fourth-order valence-electron chi connectivity index (χ4n) is 2.98. The number of benzene rings is 1. The first-order valence-corrected chi connectivity index (χ1v) is 8.65. The lowest BCUT2D eigenvalue weighted by molar-refractivity contribution is 0.0787. The molecule has 3 rings (SSSR count). The molecule has 1 fully saturated rings. The van der Waals surface area contributed by atoms with Gasteiger partial charge < -0.3 is 10.2 Å². The van der Waals surface area contributed by atoms with Gasteiger partial charge in [0.25, 0.3) is 5.91 Å². The Hall–Kier alpha value is -2.43. The van der Waals surface area contributed by atoms with Gasteiger partial charge in [0.1, 0.15) is 5.69 Å². The molecule has 0 aliphatic carbocycles. The lowest BCUT2D eigenvalue weighted by Crippen LogP contribution is -2.28. The van der Waals surface area contributed by atoms with Crippen LogP contribution in [0, 0.1) is 6.92 Å². The fourth-order valence-corrected chi connectivity index (χ4v) is 2.98. The smallest absolute Gasteiger partial charge is 0.272 e. The molecule has 1 saturated heterocycles. The van der Waals surface area contributed by atoms with E-state index in [1.807, 2.05) is 17.9 Å².